The van der Waals surface area contributed by atoms with Crippen LogP contribution in [-0.4, -0.2) is 83.1 Å². The number of pyridine rings is 1. The molecule has 170 valence electrons. The highest BCUT2D eigenvalue weighted by atomic mass is 32.2. The lowest BCUT2D eigenvalue weighted by molar-refractivity contribution is 0.0645. The number of sulfone groups is 1. The van der Waals surface area contributed by atoms with Crippen LogP contribution in [0.4, 0.5) is 0 Å². The van der Waals surface area contributed by atoms with E-state index in [0.29, 0.717) is 36.4 Å². The molecule has 0 radical (unpaired) electrons. The van der Waals surface area contributed by atoms with Gasteiger partial charge in [-0.25, -0.2) is 18.1 Å². The monoisotopic (exact) mass is 473 g/mol. The van der Waals surface area contributed by atoms with Crippen LogP contribution in [0.1, 0.15) is 35.4 Å². The van der Waals surface area contributed by atoms with Crippen molar-refractivity contribution in [1.29, 1.82) is 0 Å². The van der Waals surface area contributed by atoms with Gasteiger partial charge >= 0.3 is 0 Å². The van der Waals surface area contributed by atoms with Crippen molar-refractivity contribution in [1.82, 2.24) is 24.6 Å². The van der Waals surface area contributed by atoms with E-state index in [2.05, 4.69) is 16.9 Å². The number of rotatable bonds is 4. The maximum Gasteiger partial charge on any atom is 0.254 e. The molecule has 0 saturated carbocycles. The third-order valence-electron chi connectivity index (χ3n) is 6.50. The molecule has 1 amide bonds. The minimum absolute atomic E-state index is 0.00680. The number of piperazine rings is 1. The second kappa shape index (κ2) is 8.24. The van der Waals surface area contributed by atoms with E-state index in [1.54, 1.807) is 16.0 Å². The number of fused-ring (bicyclic) bond motifs is 1. The molecule has 3 aromatic heterocycles. The average molecular weight is 474 g/mol. The molecule has 0 aromatic carbocycles. The van der Waals surface area contributed by atoms with Gasteiger partial charge in [0.1, 0.15) is 0 Å². The molecule has 0 spiro atoms. The number of aromatic nitrogens is 3. The Morgan fingerprint density at radius 1 is 1.25 bits per heavy atom. The Hall–Kier alpha value is -2.30. The Labute approximate surface area is 191 Å². The maximum atomic E-state index is 13.7. The van der Waals surface area contributed by atoms with Crippen molar-refractivity contribution in [3.8, 4) is 10.6 Å². The van der Waals surface area contributed by atoms with Crippen LogP contribution >= 0.6 is 11.3 Å². The molecule has 1 atom stereocenters. The lowest BCUT2D eigenvalue weighted by Gasteiger charge is -2.34. The first-order valence-corrected chi connectivity index (χ1v) is 13.7. The normalized spacial score (nSPS) is 21.4. The number of amides is 1. The SMILES string of the molecule is CCN1CCN(C(=O)c2cc(-c3cccs3)nc3c2c(C)nn3C2CCS(=O)(=O)C2)CC1. The van der Waals surface area contributed by atoms with E-state index in [1.165, 1.54) is 0 Å². The lowest BCUT2D eigenvalue weighted by Crippen LogP contribution is -2.48. The smallest absolute Gasteiger partial charge is 0.254 e. The van der Waals surface area contributed by atoms with Crippen molar-refractivity contribution in [2.24, 2.45) is 0 Å². The highest BCUT2D eigenvalue weighted by Crippen LogP contribution is 2.33. The maximum absolute atomic E-state index is 13.7. The molecule has 5 heterocycles. The van der Waals surface area contributed by atoms with E-state index >= 15 is 0 Å². The van der Waals surface area contributed by atoms with Crippen molar-refractivity contribution in [3.05, 3.63) is 34.8 Å². The Morgan fingerprint density at radius 3 is 2.66 bits per heavy atom. The first-order chi connectivity index (χ1) is 15.4. The van der Waals surface area contributed by atoms with Crippen molar-refractivity contribution < 1.29 is 13.2 Å². The summed E-state index contributed by atoms with van der Waals surface area (Å²) in [5, 5.41) is 7.41. The van der Waals surface area contributed by atoms with Crippen LogP contribution in [0.3, 0.4) is 0 Å². The van der Waals surface area contributed by atoms with Gasteiger partial charge in [0.25, 0.3) is 5.91 Å². The van der Waals surface area contributed by atoms with Gasteiger partial charge in [0.2, 0.25) is 0 Å². The van der Waals surface area contributed by atoms with Crippen LogP contribution < -0.4 is 0 Å². The van der Waals surface area contributed by atoms with Crippen molar-refractivity contribution in [2.75, 3.05) is 44.2 Å². The summed E-state index contributed by atoms with van der Waals surface area (Å²) in [5.41, 5.74) is 2.65. The topological polar surface area (TPSA) is 88.4 Å². The van der Waals surface area contributed by atoms with Gasteiger partial charge in [0.15, 0.2) is 15.5 Å². The Morgan fingerprint density at radius 2 is 2.03 bits per heavy atom. The molecule has 0 bridgehead atoms. The highest BCUT2D eigenvalue weighted by Gasteiger charge is 2.33. The quantitative estimate of drug-likeness (QED) is 0.579. The van der Waals surface area contributed by atoms with Crippen LogP contribution in [0, 0.1) is 6.92 Å². The van der Waals surface area contributed by atoms with Crippen molar-refractivity contribution in [2.45, 2.75) is 26.3 Å². The largest absolute Gasteiger partial charge is 0.336 e. The van der Waals surface area contributed by atoms with Crippen LogP contribution in [-0.2, 0) is 9.84 Å². The number of hydrogen-bond donors (Lipinski definition) is 0. The average Bonchev–Trinajstić information content (AvgIpc) is 3.52. The van der Waals surface area contributed by atoms with E-state index in [-0.39, 0.29) is 23.5 Å². The Kier molecular flexibility index (Phi) is 5.55. The summed E-state index contributed by atoms with van der Waals surface area (Å²) in [6.07, 6.45) is 0.520. The predicted octanol–water partition coefficient (Wildman–Crippen LogP) is 2.61. The fourth-order valence-corrected chi connectivity index (χ4v) is 7.07. The standard InChI is InChI=1S/C22H27N5O3S2/c1-3-25-7-9-26(10-8-25)22(28)17-13-18(19-5-4-11-31-19)23-21-20(17)15(2)24-27(21)16-6-12-32(29,30)14-16/h4-5,11,13,16H,3,6-10,12,14H2,1-2H3. The minimum atomic E-state index is -3.07. The van der Waals surface area contributed by atoms with Crippen LogP contribution in [0.2, 0.25) is 0 Å². The molecule has 8 nitrogen and oxygen atoms in total. The molecule has 3 aromatic rings. The molecule has 10 heteroatoms. The van der Waals surface area contributed by atoms with Crippen LogP contribution in [0.25, 0.3) is 21.6 Å². The van der Waals surface area contributed by atoms with Gasteiger partial charge in [0.05, 0.1) is 44.8 Å². The molecular weight excluding hydrogens is 446 g/mol. The van der Waals surface area contributed by atoms with E-state index < -0.39 is 9.84 Å². The van der Waals surface area contributed by atoms with Crippen molar-refractivity contribution >= 4 is 38.1 Å². The summed E-state index contributed by atoms with van der Waals surface area (Å²) in [6, 6.07) is 5.58. The second-order valence-corrected chi connectivity index (χ2v) is 11.7. The fraction of sp³-hybridized carbons (Fsp3) is 0.500. The first kappa shape index (κ1) is 21.5. The summed E-state index contributed by atoms with van der Waals surface area (Å²) in [7, 11) is -3.07. The molecule has 2 aliphatic rings. The minimum Gasteiger partial charge on any atom is -0.336 e. The van der Waals surface area contributed by atoms with Gasteiger partial charge in [-0.2, -0.15) is 5.10 Å². The van der Waals surface area contributed by atoms with E-state index in [1.807, 2.05) is 35.4 Å². The first-order valence-electron chi connectivity index (χ1n) is 11.0. The molecule has 2 saturated heterocycles. The lowest BCUT2D eigenvalue weighted by atomic mass is 10.1. The van der Waals surface area contributed by atoms with Crippen LogP contribution in [0.5, 0.6) is 0 Å². The van der Waals surface area contributed by atoms with Gasteiger partial charge in [-0.05, 0) is 37.4 Å². The molecule has 2 fully saturated rings. The number of thiophene rings is 1. The predicted molar refractivity (Wildman–Crippen MR) is 126 cm³/mol. The van der Waals surface area contributed by atoms with Gasteiger partial charge in [-0.15, -0.1) is 11.3 Å². The van der Waals surface area contributed by atoms with Gasteiger partial charge < -0.3 is 9.80 Å². The molecule has 0 aliphatic carbocycles. The van der Waals surface area contributed by atoms with E-state index in [9.17, 15) is 13.2 Å². The molecule has 5 rings (SSSR count). The summed E-state index contributed by atoms with van der Waals surface area (Å²) < 4.78 is 26.0. The zero-order chi connectivity index (χ0) is 22.5. The molecule has 32 heavy (non-hydrogen) atoms. The van der Waals surface area contributed by atoms with Gasteiger partial charge in [-0.3, -0.25) is 4.79 Å². The van der Waals surface area contributed by atoms with E-state index in [0.717, 1.165) is 35.6 Å². The molecule has 1 unspecified atom stereocenters. The van der Waals surface area contributed by atoms with Gasteiger partial charge in [0, 0.05) is 26.2 Å². The fourth-order valence-electron chi connectivity index (χ4n) is 4.69. The molecule has 2 aliphatic heterocycles. The number of hydrogen-bond acceptors (Lipinski definition) is 7. The highest BCUT2D eigenvalue weighted by molar-refractivity contribution is 7.91. The molecular formula is C22H27N5O3S2. The molecule has 0 N–H and O–H groups in total. The Balaban J connectivity index is 1.62. The Bertz CT molecular complexity index is 1260. The number of likely N-dealkylation sites (N-methyl/N-ethyl adjacent to an activating group) is 1. The van der Waals surface area contributed by atoms with Gasteiger partial charge in [-0.1, -0.05) is 13.0 Å². The third kappa shape index (κ3) is 3.84. The number of carbonyl (C=O) groups excluding carboxylic acids is 1. The number of nitrogens with zero attached hydrogens (tertiary/aromatic N) is 5. The summed E-state index contributed by atoms with van der Waals surface area (Å²) in [5.74, 6) is 0.222. The second-order valence-electron chi connectivity index (χ2n) is 8.54. The summed E-state index contributed by atoms with van der Waals surface area (Å²) >= 11 is 1.57. The zero-order valence-electron chi connectivity index (χ0n) is 18.3. The number of carbonyl (C=O) groups is 1. The van der Waals surface area contributed by atoms with E-state index in [4.69, 9.17) is 4.98 Å². The van der Waals surface area contributed by atoms with Crippen molar-refractivity contribution in [3.63, 3.8) is 0 Å². The number of aryl methyl sites for hydroxylation is 1. The zero-order valence-corrected chi connectivity index (χ0v) is 20.0. The summed E-state index contributed by atoms with van der Waals surface area (Å²) in [6.45, 7) is 8.12. The summed E-state index contributed by atoms with van der Waals surface area (Å²) in [4.78, 5) is 23.8. The van der Waals surface area contributed by atoms with Crippen LogP contribution in [0.15, 0.2) is 23.6 Å². The third-order valence-corrected chi connectivity index (χ3v) is 9.14.